The summed E-state index contributed by atoms with van der Waals surface area (Å²) in [6.07, 6.45) is 2.49. The summed E-state index contributed by atoms with van der Waals surface area (Å²) in [5, 5.41) is 11.9. The zero-order valence-electron chi connectivity index (χ0n) is 14.6. The monoisotopic (exact) mass is 372 g/mol. The van der Waals surface area contributed by atoms with Crippen LogP contribution in [-0.2, 0) is 4.79 Å². The molecule has 0 spiro atoms. The molecule has 3 heterocycles. The van der Waals surface area contributed by atoms with Crippen molar-refractivity contribution in [2.24, 2.45) is 0 Å². The fraction of sp³-hybridized carbons (Fsp3) is 0.353. The average molecular weight is 372 g/mol. The van der Waals surface area contributed by atoms with Gasteiger partial charge in [0.25, 0.3) is 11.8 Å². The molecule has 1 aliphatic heterocycles. The molecule has 1 aromatic carbocycles. The Morgan fingerprint density at radius 2 is 2.19 bits per heavy atom. The molecule has 0 aliphatic carbocycles. The maximum atomic E-state index is 12.9. The molecular formula is C17H17FN6O3. The van der Waals surface area contributed by atoms with Crippen LogP contribution in [0.1, 0.15) is 18.3 Å². The van der Waals surface area contributed by atoms with Gasteiger partial charge >= 0.3 is 0 Å². The van der Waals surface area contributed by atoms with Crippen LogP contribution < -0.4 is 4.74 Å². The molecule has 1 atom stereocenters. The molecule has 1 aliphatic rings. The van der Waals surface area contributed by atoms with Crippen LogP contribution in [0.3, 0.4) is 0 Å². The fourth-order valence-corrected chi connectivity index (χ4v) is 2.91. The molecule has 1 amide bonds. The van der Waals surface area contributed by atoms with Crippen molar-refractivity contribution in [1.29, 1.82) is 0 Å². The number of amides is 1. The molecule has 1 fully saturated rings. The lowest BCUT2D eigenvalue weighted by atomic mass is 10.3. The van der Waals surface area contributed by atoms with E-state index in [0.29, 0.717) is 36.2 Å². The number of aryl methyl sites for hydroxylation is 1. The van der Waals surface area contributed by atoms with E-state index < -0.39 is 0 Å². The van der Waals surface area contributed by atoms with E-state index in [-0.39, 0.29) is 24.4 Å². The third kappa shape index (κ3) is 3.78. The normalized spacial score (nSPS) is 16.7. The largest absolute Gasteiger partial charge is 0.484 e. The zero-order valence-corrected chi connectivity index (χ0v) is 14.6. The number of hydrogen-bond donors (Lipinski definition) is 0. The molecule has 4 rings (SSSR count). The number of carbonyl (C=O) groups excluding carboxylic acids is 1. The molecule has 10 heteroatoms. The van der Waals surface area contributed by atoms with Crippen molar-refractivity contribution in [2.45, 2.75) is 19.4 Å². The van der Waals surface area contributed by atoms with E-state index in [9.17, 15) is 9.18 Å². The smallest absolute Gasteiger partial charge is 0.280 e. The zero-order chi connectivity index (χ0) is 18.8. The number of benzene rings is 1. The van der Waals surface area contributed by atoms with E-state index in [1.807, 2.05) is 0 Å². The molecule has 1 saturated heterocycles. The lowest BCUT2D eigenvalue weighted by Crippen LogP contribution is -2.33. The van der Waals surface area contributed by atoms with E-state index in [0.717, 1.165) is 6.42 Å². The van der Waals surface area contributed by atoms with Gasteiger partial charge in [-0.05, 0) is 37.6 Å². The second kappa shape index (κ2) is 7.14. The van der Waals surface area contributed by atoms with Gasteiger partial charge in [-0.3, -0.25) is 4.79 Å². The van der Waals surface area contributed by atoms with Gasteiger partial charge in [0.15, 0.2) is 18.1 Å². The molecule has 0 saturated carbocycles. The van der Waals surface area contributed by atoms with Gasteiger partial charge in [0.2, 0.25) is 0 Å². The summed E-state index contributed by atoms with van der Waals surface area (Å²) in [5.74, 6) is 0.820. The fourth-order valence-electron chi connectivity index (χ4n) is 2.91. The topological polar surface area (TPSA) is 99.2 Å². The molecule has 3 aromatic rings. The summed E-state index contributed by atoms with van der Waals surface area (Å²) in [5.41, 5.74) is 0.500. The Morgan fingerprint density at radius 1 is 1.37 bits per heavy atom. The summed E-state index contributed by atoms with van der Waals surface area (Å²) < 4.78 is 25.1. The number of carbonyl (C=O) groups is 1. The second-order valence-corrected chi connectivity index (χ2v) is 6.26. The first-order chi connectivity index (χ1) is 13.1. The average Bonchev–Trinajstić information content (AvgIpc) is 3.40. The van der Waals surface area contributed by atoms with E-state index in [1.165, 1.54) is 24.3 Å². The molecular weight excluding hydrogens is 355 g/mol. The van der Waals surface area contributed by atoms with Crippen molar-refractivity contribution >= 4 is 5.91 Å². The third-order valence-corrected chi connectivity index (χ3v) is 4.32. The maximum Gasteiger partial charge on any atom is 0.280 e. The highest BCUT2D eigenvalue weighted by Crippen LogP contribution is 2.23. The highest BCUT2D eigenvalue weighted by atomic mass is 19.1. The summed E-state index contributed by atoms with van der Waals surface area (Å²) in [6, 6.07) is 5.58. The number of likely N-dealkylation sites (tertiary alicyclic amines) is 1. The number of halogens is 1. The number of rotatable bonds is 5. The number of aromatic nitrogens is 5. The van der Waals surface area contributed by atoms with Gasteiger partial charge in [-0.25, -0.2) is 9.07 Å². The van der Waals surface area contributed by atoms with Crippen molar-refractivity contribution in [3.05, 3.63) is 42.1 Å². The van der Waals surface area contributed by atoms with Crippen molar-refractivity contribution < 1.29 is 18.4 Å². The van der Waals surface area contributed by atoms with Crippen LogP contribution >= 0.6 is 0 Å². The quantitative estimate of drug-likeness (QED) is 0.671. The Kier molecular flexibility index (Phi) is 4.53. The van der Waals surface area contributed by atoms with Gasteiger partial charge in [0.1, 0.15) is 11.6 Å². The number of hydrogen-bond acceptors (Lipinski definition) is 7. The maximum absolute atomic E-state index is 12.9. The first kappa shape index (κ1) is 17.1. The Bertz CT molecular complexity index is 938. The molecule has 27 heavy (non-hydrogen) atoms. The standard InChI is InChI=1S/C17H17FN6O3/c1-11-19-17(27-21-11)15-9-24(22-20-15)13-6-7-23(8-13)16(25)10-26-14-4-2-12(18)3-5-14/h2-5,9,13H,6-8,10H2,1H3. The van der Waals surface area contributed by atoms with Gasteiger partial charge < -0.3 is 14.2 Å². The van der Waals surface area contributed by atoms with Crippen molar-refractivity contribution in [3.63, 3.8) is 0 Å². The molecule has 0 radical (unpaired) electrons. The Balaban J connectivity index is 1.33. The summed E-state index contributed by atoms with van der Waals surface area (Å²) in [6.45, 7) is 2.75. The van der Waals surface area contributed by atoms with Gasteiger partial charge in [0, 0.05) is 13.1 Å². The van der Waals surface area contributed by atoms with Crippen LogP contribution in [0.15, 0.2) is 35.0 Å². The molecule has 0 bridgehead atoms. The second-order valence-electron chi connectivity index (χ2n) is 6.26. The van der Waals surface area contributed by atoms with Crippen molar-refractivity contribution in [3.8, 4) is 17.3 Å². The van der Waals surface area contributed by atoms with Gasteiger partial charge in [-0.1, -0.05) is 10.4 Å². The predicted octanol–water partition coefficient (Wildman–Crippen LogP) is 1.63. The van der Waals surface area contributed by atoms with Crippen molar-refractivity contribution in [1.82, 2.24) is 30.0 Å². The van der Waals surface area contributed by atoms with Gasteiger partial charge in [0.05, 0.1) is 12.2 Å². The lowest BCUT2D eigenvalue weighted by molar-refractivity contribution is -0.132. The first-order valence-corrected chi connectivity index (χ1v) is 8.47. The van der Waals surface area contributed by atoms with E-state index >= 15 is 0 Å². The Morgan fingerprint density at radius 3 is 2.93 bits per heavy atom. The van der Waals surface area contributed by atoms with Crippen LogP contribution in [0, 0.1) is 12.7 Å². The summed E-state index contributed by atoms with van der Waals surface area (Å²) in [4.78, 5) is 18.2. The number of nitrogens with zero attached hydrogens (tertiary/aromatic N) is 6. The van der Waals surface area contributed by atoms with Crippen LogP contribution in [0.5, 0.6) is 5.75 Å². The number of ether oxygens (including phenoxy) is 1. The molecule has 140 valence electrons. The van der Waals surface area contributed by atoms with Crippen LogP contribution in [0.2, 0.25) is 0 Å². The minimum Gasteiger partial charge on any atom is -0.484 e. The predicted molar refractivity (Wildman–Crippen MR) is 90.2 cm³/mol. The Labute approximate surface area is 153 Å². The van der Waals surface area contributed by atoms with Crippen LogP contribution in [0.25, 0.3) is 11.6 Å². The molecule has 1 unspecified atom stereocenters. The summed E-state index contributed by atoms with van der Waals surface area (Å²) >= 11 is 0. The van der Waals surface area contributed by atoms with E-state index in [2.05, 4.69) is 20.5 Å². The van der Waals surface area contributed by atoms with E-state index in [1.54, 1.807) is 22.7 Å². The molecule has 2 aromatic heterocycles. The highest BCUT2D eigenvalue weighted by molar-refractivity contribution is 5.78. The third-order valence-electron chi connectivity index (χ3n) is 4.32. The van der Waals surface area contributed by atoms with E-state index in [4.69, 9.17) is 9.26 Å². The Hall–Kier alpha value is -3.30. The minimum atomic E-state index is -0.348. The molecule has 0 N–H and O–H groups in total. The SMILES string of the molecule is Cc1noc(-c2cn(C3CCN(C(=O)COc4ccc(F)cc4)C3)nn2)n1. The lowest BCUT2D eigenvalue weighted by Gasteiger charge is -2.16. The highest BCUT2D eigenvalue weighted by Gasteiger charge is 2.29. The van der Waals surface area contributed by atoms with Crippen LogP contribution in [-0.4, -0.2) is 55.6 Å². The van der Waals surface area contributed by atoms with Gasteiger partial charge in [-0.2, -0.15) is 4.98 Å². The van der Waals surface area contributed by atoms with Crippen LogP contribution in [0.4, 0.5) is 4.39 Å². The van der Waals surface area contributed by atoms with Gasteiger partial charge in [-0.15, -0.1) is 5.10 Å². The molecule has 9 nitrogen and oxygen atoms in total. The van der Waals surface area contributed by atoms with Crippen molar-refractivity contribution in [2.75, 3.05) is 19.7 Å². The first-order valence-electron chi connectivity index (χ1n) is 8.47. The minimum absolute atomic E-state index is 0.0186. The summed E-state index contributed by atoms with van der Waals surface area (Å²) in [7, 11) is 0.